The van der Waals surface area contributed by atoms with Crippen LogP contribution >= 0.6 is 0 Å². The van der Waals surface area contributed by atoms with Crippen LogP contribution in [-0.4, -0.2) is 36.9 Å². The first-order valence-electron chi connectivity index (χ1n) is 6.43. The summed E-state index contributed by atoms with van der Waals surface area (Å²) in [6.07, 6.45) is 0. The molecule has 2 N–H and O–H groups in total. The number of nitrogens with one attached hydrogen (secondary N) is 1. The minimum atomic E-state index is -0.283. The van der Waals surface area contributed by atoms with Crippen molar-refractivity contribution in [1.29, 1.82) is 0 Å². The summed E-state index contributed by atoms with van der Waals surface area (Å²) in [5.74, 6) is 0.926. The normalized spacial score (nSPS) is 11.8. The van der Waals surface area contributed by atoms with Crippen LogP contribution in [0.15, 0.2) is 18.2 Å². The van der Waals surface area contributed by atoms with Gasteiger partial charge in [-0.25, -0.2) is 0 Å². The average molecular weight is 267 g/mol. The molecule has 0 aliphatic rings. The van der Waals surface area contributed by atoms with Crippen molar-refractivity contribution in [2.24, 2.45) is 0 Å². The number of hydrogen-bond acceptors (Lipinski definition) is 4. The van der Waals surface area contributed by atoms with E-state index in [1.807, 2.05) is 13.8 Å². The number of hydrogen-bond donors (Lipinski definition) is 2. The van der Waals surface area contributed by atoms with Gasteiger partial charge in [0.1, 0.15) is 0 Å². The number of ether oxygens (including phenoxy) is 2. The van der Waals surface area contributed by atoms with E-state index in [1.54, 1.807) is 25.1 Å². The molecule has 0 unspecified atom stereocenters. The molecule has 1 rings (SSSR count). The summed E-state index contributed by atoms with van der Waals surface area (Å²) in [5.41, 5.74) is 0.479. The molecule has 0 radical (unpaired) electrons. The van der Waals surface area contributed by atoms with Crippen LogP contribution < -0.4 is 14.8 Å². The Hall–Kier alpha value is -1.75. The zero-order valence-electron chi connectivity index (χ0n) is 11.6. The third-order valence-corrected chi connectivity index (χ3v) is 2.46. The van der Waals surface area contributed by atoms with E-state index in [4.69, 9.17) is 14.6 Å². The molecule has 0 aromatic heterocycles. The minimum absolute atomic E-state index is 0.0961. The summed E-state index contributed by atoms with van der Waals surface area (Å²) in [7, 11) is 0. The Bertz CT molecular complexity index is 420. The van der Waals surface area contributed by atoms with Crippen LogP contribution in [0.4, 0.5) is 0 Å². The van der Waals surface area contributed by atoms with E-state index >= 15 is 0 Å². The second-order valence-electron chi connectivity index (χ2n) is 4.08. The van der Waals surface area contributed by atoms with Gasteiger partial charge >= 0.3 is 0 Å². The first-order valence-corrected chi connectivity index (χ1v) is 6.43. The quantitative estimate of drug-likeness (QED) is 0.787. The van der Waals surface area contributed by atoms with Crippen LogP contribution in [0.5, 0.6) is 11.5 Å². The van der Waals surface area contributed by atoms with Crippen LogP contribution in [-0.2, 0) is 0 Å². The maximum absolute atomic E-state index is 11.9. The molecular weight excluding hydrogens is 246 g/mol. The highest BCUT2D eigenvalue weighted by Gasteiger charge is 2.13. The van der Waals surface area contributed by atoms with Crippen molar-refractivity contribution in [3.8, 4) is 11.5 Å². The van der Waals surface area contributed by atoms with Gasteiger partial charge in [0.05, 0.1) is 19.8 Å². The molecule has 0 heterocycles. The molecule has 0 saturated heterocycles. The number of aliphatic hydroxyl groups is 1. The highest BCUT2D eigenvalue weighted by atomic mass is 16.5. The second kappa shape index (κ2) is 7.63. The molecule has 106 valence electrons. The molecule has 0 spiro atoms. The van der Waals surface area contributed by atoms with Gasteiger partial charge in [-0.2, -0.15) is 0 Å². The molecule has 0 fully saturated rings. The predicted molar refractivity (Wildman–Crippen MR) is 72.8 cm³/mol. The summed E-state index contributed by atoms with van der Waals surface area (Å²) < 4.78 is 10.9. The Kier molecular flexibility index (Phi) is 6.15. The van der Waals surface area contributed by atoms with Crippen molar-refractivity contribution in [2.75, 3.05) is 19.8 Å². The summed E-state index contributed by atoms with van der Waals surface area (Å²) in [6.45, 7) is 6.43. The molecule has 19 heavy (non-hydrogen) atoms. The maximum Gasteiger partial charge on any atom is 0.251 e. The topological polar surface area (TPSA) is 67.8 Å². The summed E-state index contributed by atoms with van der Waals surface area (Å²) >= 11 is 0. The third kappa shape index (κ3) is 4.44. The lowest BCUT2D eigenvalue weighted by atomic mass is 10.1. The molecule has 1 atom stereocenters. The van der Waals surface area contributed by atoms with Gasteiger partial charge in [0.2, 0.25) is 0 Å². The van der Waals surface area contributed by atoms with Crippen molar-refractivity contribution >= 4 is 5.91 Å². The van der Waals surface area contributed by atoms with Gasteiger partial charge in [-0.15, -0.1) is 0 Å². The Morgan fingerprint density at radius 2 is 1.89 bits per heavy atom. The maximum atomic E-state index is 11.9. The van der Waals surface area contributed by atoms with E-state index in [-0.39, 0.29) is 18.6 Å². The standard InChI is InChI=1S/C14H21NO4/c1-4-18-12-7-6-11(8-13(12)19-5-2)14(17)15-10(3)9-16/h6-8,10,16H,4-5,9H2,1-3H3,(H,15,17)/t10-/m1/s1. The fraction of sp³-hybridized carbons (Fsp3) is 0.500. The minimum Gasteiger partial charge on any atom is -0.490 e. The first kappa shape index (κ1) is 15.3. The van der Waals surface area contributed by atoms with Crippen LogP contribution in [0.25, 0.3) is 0 Å². The zero-order chi connectivity index (χ0) is 14.3. The monoisotopic (exact) mass is 267 g/mol. The summed E-state index contributed by atoms with van der Waals surface area (Å²) in [4.78, 5) is 11.9. The van der Waals surface area contributed by atoms with E-state index in [9.17, 15) is 4.79 Å². The van der Waals surface area contributed by atoms with Gasteiger partial charge in [-0.3, -0.25) is 4.79 Å². The van der Waals surface area contributed by atoms with Gasteiger partial charge in [0.15, 0.2) is 11.5 Å². The molecule has 0 aliphatic carbocycles. The molecule has 5 nitrogen and oxygen atoms in total. The lowest BCUT2D eigenvalue weighted by molar-refractivity contribution is 0.0922. The van der Waals surface area contributed by atoms with Crippen molar-refractivity contribution in [3.05, 3.63) is 23.8 Å². The van der Waals surface area contributed by atoms with E-state index in [1.165, 1.54) is 0 Å². The average Bonchev–Trinajstić information content (AvgIpc) is 2.41. The molecule has 5 heteroatoms. The number of carbonyl (C=O) groups excluding carboxylic acids is 1. The second-order valence-corrected chi connectivity index (χ2v) is 4.08. The predicted octanol–water partition coefficient (Wildman–Crippen LogP) is 1.59. The Morgan fingerprint density at radius 3 is 2.47 bits per heavy atom. The number of aliphatic hydroxyl groups excluding tert-OH is 1. The van der Waals surface area contributed by atoms with Crippen LogP contribution in [0.3, 0.4) is 0 Å². The van der Waals surface area contributed by atoms with E-state index in [0.717, 1.165) is 0 Å². The number of rotatable bonds is 7. The highest BCUT2D eigenvalue weighted by molar-refractivity contribution is 5.95. The van der Waals surface area contributed by atoms with Crippen LogP contribution in [0.2, 0.25) is 0 Å². The van der Waals surface area contributed by atoms with Crippen molar-refractivity contribution in [1.82, 2.24) is 5.32 Å². The zero-order valence-corrected chi connectivity index (χ0v) is 11.6. The number of carbonyl (C=O) groups is 1. The van der Waals surface area contributed by atoms with E-state index in [2.05, 4.69) is 5.32 Å². The third-order valence-electron chi connectivity index (χ3n) is 2.46. The summed E-state index contributed by atoms with van der Waals surface area (Å²) in [5, 5.41) is 11.6. The van der Waals surface area contributed by atoms with Gasteiger partial charge in [0.25, 0.3) is 5.91 Å². The molecule has 0 aliphatic heterocycles. The molecular formula is C14H21NO4. The van der Waals surface area contributed by atoms with Crippen molar-refractivity contribution in [3.63, 3.8) is 0 Å². The van der Waals surface area contributed by atoms with Crippen molar-refractivity contribution in [2.45, 2.75) is 26.8 Å². The highest BCUT2D eigenvalue weighted by Crippen LogP contribution is 2.28. The Morgan fingerprint density at radius 1 is 1.26 bits per heavy atom. The largest absolute Gasteiger partial charge is 0.490 e. The van der Waals surface area contributed by atoms with Gasteiger partial charge in [0, 0.05) is 11.6 Å². The van der Waals surface area contributed by atoms with Gasteiger partial charge in [-0.1, -0.05) is 0 Å². The van der Waals surface area contributed by atoms with Crippen molar-refractivity contribution < 1.29 is 19.4 Å². The fourth-order valence-electron chi connectivity index (χ4n) is 1.55. The number of amides is 1. The molecule has 0 bridgehead atoms. The van der Waals surface area contributed by atoms with E-state index in [0.29, 0.717) is 30.3 Å². The molecule has 1 aromatic rings. The molecule has 0 saturated carbocycles. The fourth-order valence-corrected chi connectivity index (χ4v) is 1.55. The van der Waals surface area contributed by atoms with Crippen LogP contribution in [0, 0.1) is 0 Å². The van der Waals surface area contributed by atoms with Gasteiger partial charge in [-0.05, 0) is 39.0 Å². The lowest BCUT2D eigenvalue weighted by Crippen LogP contribution is -2.34. The Labute approximate surface area is 113 Å². The lowest BCUT2D eigenvalue weighted by Gasteiger charge is -2.14. The molecule has 1 aromatic carbocycles. The SMILES string of the molecule is CCOc1ccc(C(=O)N[C@H](C)CO)cc1OCC. The van der Waals surface area contributed by atoms with E-state index < -0.39 is 0 Å². The number of benzene rings is 1. The van der Waals surface area contributed by atoms with Gasteiger partial charge < -0.3 is 19.9 Å². The molecule has 1 amide bonds. The summed E-state index contributed by atoms with van der Waals surface area (Å²) in [6, 6.07) is 4.75. The smallest absolute Gasteiger partial charge is 0.251 e. The Balaban J connectivity index is 2.90. The first-order chi connectivity index (χ1) is 9.12. The van der Waals surface area contributed by atoms with Crippen LogP contribution in [0.1, 0.15) is 31.1 Å².